The van der Waals surface area contributed by atoms with Crippen molar-refractivity contribution in [1.82, 2.24) is 9.97 Å². The van der Waals surface area contributed by atoms with Gasteiger partial charge in [-0.05, 0) is 31.1 Å². The highest BCUT2D eigenvalue weighted by Gasteiger charge is 2.13. The number of aryl methyl sites for hydroxylation is 1. The molecule has 0 unspecified atom stereocenters. The Labute approximate surface area is 101 Å². The highest BCUT2D eigenvalue weighted by atomic mass is 16.5. The molecule has 0 atom stereocenters. The number of nitrogens with zero attached hydrogens (tertiary/aromatic N) is 2. The molecule has 1 aliphatic rings. The van der Waals surface area contributed by atoms with Gasteiger partial charge < -0.3 is 9.47 Å². The fraction of sp³-hybridized carbons (Fsp3) is 0.385. The summed E-state index contributed by atoms with van der Waals surface area (Å²) in [5, 5.41) is 0. The Kier molecular flexibility index (Phi) is 3.42. The van der Waals surface area contributed by atoms with Gasteiger partial charge in [-0.2, -0.15) is 0 Å². The molecule has 1 aliphatic carbocycles. The van der Waals surface area contributed by atoms with E-state index in [1.165, 1.54) is 5.56 Å². The average Bonchev–Trinajstić information content (AvgIpc) is 2.31. The number of methoxy groups -OCH3 is 2. The molecule has 0 saturated carbocycles. The van der Waals surface area contributed by atoms with Crippen molar-refractivity contribution in [2.75, 3.05) is 14.2 Å². The molecule has 1 aromatic heterocycles. The van der Waals surface area contributed by atoms with E-state index in [0.29, 0.717) is 0 Å². The second-order valence-electron chi connectivity index (χ2n) is 3.84. The largest absolute Gasteiger partial charge is 0.493 e. The van der Waals surface area contributed by atoms with Crippen LogP contribution < -0.4 is 0 Å². The minimum Gasteiger partial charge on any atom is -0.493 e. The topological polar surface area (TPSA) is 44.2 Å². The van der Waals surface area contributed by atoms with E-state index < -0.39 is 0 Å². The summed E-state index contributed by atoms with van der Waals surface area (Å²) in [6.45, 7) is 2.00. The Morgan fingerprint density at radius 3 is 2.29 bits per heavy atom. The summed E-state index contributed by atoms with van der Waals surface area (Å²) in [6.07, 6.45) is 7.11. The molecule has 0 N–H and O–H groups in total. The Morgan fingerprint density at radius 2 is 1.65 bits per heavy atom. The van der Waals surface area contributed by atoms with Gasteiger partial charge in [-0.15, -0.1) is 0 Å². The molecular formula is C13H16N2O2. The lowest BCUT2D eigenvalue weighted by atomic mass is 10.0. The molecule has 0 bridgehead atoms. The van der Waals surface area contributed by atoms with Crippen molar-refractivity contribution in [2.24, 2.45) is 0 Å². The van der Waals surface area contributed by atoms with E-state index in [1.54, 1.807) is 20.5 Å². The number of aromatic nitrogens is 2. The van der Waals surface area contributed by atoms with Crippen LogP contribution in [0, 0.1) is 6.92 Å². The molecule has 1 aromatic rings. The van der Waals surface area contributed by atoms with Gasteiger partial charge in [-0.25, -0.2) is 9.97 Å². The standard InChI is InChI=1S/C13H16N2O2/c1-9-10-4-6-12(16-2)13(17-3)7-5-11(10)15-8-14-9/h6-8H,4-5H2,1-3H3/b12-6+,13-7+. The van der Waals surface area contributed by atoms with Crippen molar-refractivity contribution < 1.29 is 9.47 Å². The van der Waals surface area contributed by atoms with Crippen LogP contribution in [0.2, 0.25) is 0 Å². The van der Waals surface area contributed by atoms with Gasteiger partial charge in [-0.1, -0.05) is 0 Å². The normalized spacial score (nSPS) is 21.1. The highest BCUT2D eigenvalue weighted by molar-refractivity contribution is 5.34. The quantitative estimate of drug-likeness (QED) is 0.781. The second-order valence-corrected chi connectivity index (χ2v) is 3.84. The molecular weight excluding hydrogens is 216 g/mol. The summed E-state index contributed by atoms with van der Waals surface area (Å²) in [7, 11) is 3.29. The Hall–Kier alpha value is -1.84. The first kappa shape index (κ1) is 11.6. The molecule has 1 heterocycles. The van der Waals surface area contributed by atoms with E-state index in [9.17, 15) is 0 Å². The SMILES string of the molecule is COC1=C/Cc2ncnc(C)c2C/C=C\1OC. The van der Waals surface area contributed by atoms with E-state index in [-0.39, 0.29) is 0 Å². The maximum absolute atomic E-state index is 5.31. The smallest absolute Gasteiger partial charge is 0.156 e. The predicted octanol–water partition coefficient (Wildman–Crippen LogP) is 1.94. The van der Waals surface area contributed by atoms with E-state index in [2.05, 4.69) is 9.97 Å². The summed E-state index contributed by atoms with van der Waals surface area (Å²) >= 11 is 0. The first-order valence-electron chi connectivity index (χ1n) is 5.54. The maximum atomic E-state index is 5.31. The fourth-order valence-corrected chi connectivity index (χ4v) is 1.94. The molecule has 4 nitrogen and oxygen atoms in total. The van der Waals surface area contributed by atoms with Gasteiger partial charge in [0.2, 0.25) is 0 Å². The number of hydrogen-bond acceptors (Lipinski definition) is 4. The maximum Gasteiger partial charge on any atom is 0.156 e. The van der Waals surface area contributed by atoms with Crippen molar-refractivity contribution in [3.8, 4) is 0 Å². The minimum atomic E-state index is 0.739. The van der Waals surface area contributed by atoms with Gasteiger partial charge in [0, 0.05) is 12.1 Å². The first-order chi connectivity index (χ1) is 8.26. The van der Waals surface area contributed by atoms with Crippen LogP contribution in [-0.2, 0) is 22.3 Å². The number of allylic oxidation sites excluding steroid dienone is 2. The van der Waals surface area contributed by atoms with Crippen molar-refractivity contribution in [1.29, 1.82) is 0 Å². The molecule has 17 heavy (non-hydrogen) atoms. The predicted molar refractivity (Wildman–Crippen MR) is 64.4 cm³/mol. The lowest BCUT2D eigenvalue weighted by Crippen LogP contribution is -2.06. The van der Waals surface area contributed by atoms with E-state index in [4.69, 9.17) is 9.47 Å². The molecule has 4 heteroatoms. The zero-order valence-electron chi connectivity index (χ0n) is 10.4. The minimum absolute atomic E-state index is 0.739. The average molecular weight is 232 g/mol. The van der Waals surface area contributed by atoms with Crippen LogP contribution >= 0.6 is 0 Å². The Balaban J connectivity index is 2.44. The van der Waals surface area contributed by atoms with E-state index >= 15 is 0 Å². The molecule has 2 rings (SSSR count). The summed E-state index contributed by atoms with van der Waals surface area (Å²) in [5.41, 5.74) is 3.25. The van der Waals surface area contributed by atoms with Crippen LogP contribution in [0.25, 0.3) is 0 Å². The Morgan fingerprint density at radius 1 is 1.00 bits per heavy atom. The molecule has 0 spiro atoms. The zero-order valence-corrected chi connectivity index (χ0v) is 10.4. The monoisotopic (exact) mass is 232 g/mol. The third-order valence-electron chi connectivity index (χ3n) is 2.91. The molecule has 90 valence electrons. The van der Waals surface area contributed by atoms with E-state index in [1.807, 2.05) is 19.1 Å². The van der Waals surface area contributed by atoms with Crippen LogP contribution in [0.4, 0.5) is 0 Å². The first-order valence-corrected chi connectivity index (χ1v) is 5.54. The van der Waals surface area contributed by atoms with Crippen LogP contribution in [-0.4, -0.2) is 24.2 Å². The van der Waals surface area contributed by atoms with Crippen LogP contribution in [0.3, 0.4) is 0 Å². The van der Waals surface area contributed by atoms with Crippen LogP contribution in [0.5, 0.6) is 0 Å². The van der Waals surface area contributed by atoms with Gasteiger partial charge in [-0.3, -0.25) is 0 Å². The molecule has 0 aromatic carbocycles. The molecule has 0 aliphatic heterocycles. The van der Waals surface area contributed by atoms with Crippen molar-refractivity contribution in [3.05, 3.63) is 46.9 Å². The summed E-state index contributed by atoms with van der Waals surface area (Å²) in [5.74, 6) is 1.52. The third kappa shape index (κ3) is 2.30. The number of hydrogen-bond donors (Lipinski definition) is 0. The third-order valence-corrected chi connectivity index (χ3v) is 2.91. The van der Waals surface area contributed by atoms with Crippen LogP contribution in [0.1, 0.15) is 17.0 Å². The molecule has 0 fully saturated rings. The van der Waals surface area contributed by atoms with Crippen molar-refractivity contribution in [2.45, 2.75) is 19.8 Å². The lowest BCUT2D eigenvalue weighted by molar-refractivity contribution is 0.218. The van der Waals surface area contributed by atoms with Crippen LogP contribution in [0.15, 0.2) is 30.0 Å². The summed E-state index contributed by atoms with van der Waals surface area (Å²) in [4.78, 5) is 8.54. The van der Waals surface area contributed by atoms with E-state index in [0.717, 1.165) is 35.7 Å². The number of ether oxygens (including phenoxy) is 2. The van der Waals surface area contributed by atoms with Gasteiger partial charge in [0.1, 0.15) is 6.33 Å². The van der Waals surface area contributed by atoms with Gasteiger partial charge in [0.15, 0.2) is 11.5 Å². The highest BCUT2D eigenvalue weighted by Crippen LogP contribution is 2.20. The number of fused-ring (bicyclic) bond motifs is 1. The van der Waals surface area contributed by atoms with Gasteiger partial charge >= 0.3 is 0 Å². The van der Waals surface area contributed by atoms with Gasteiger partial charge in [0.05, 0.1) is 19.9 Å². The molecule has 0 amide bonds. The number of rotatable bonds is 2. The second kappa shape index (κ2) is 4.99. The zero-order chi connectivity index (χ0) is 12.3. The summed E-state index contributed by atoms with van der Waals surface area (Å²) in [6, 6.07) is 0. The molecule has 0 saturated heterocycles. The van der Waals surface area contributed by atoms with Gasteiger partial charge in [0.25, 0.3) is 0 Å². The van der Waals surface area contributed by atoms with Crippen molar-refractivity contribution in [3.63, 3.8) is 0 Å². The summed E-state index contributed by atoms with van der Waals surface area (Å²) < 4.78 is 10.6. The Bertz CT molecular complexity index is 478. The fourth-order valence-electron chi connectivity index (χ4n) is 1.94. The molecule has 0 radical (unpaired) electrons. The lowest BCUT2D eigenvalue weighted by Gasteiger charge is -2.15. The van der Waals surface area contributed by atoms with Crippen molar-refractivity contribution >= 4 is 0 Å².